The van der Waals surface area contributed by atoms with E-state index in [1.165, 1.54) is 40.7 Å². The highest BCUT2D eigenvalue weighted by Crippen LogP contribution is 2.36. The van der Waals surface area contributed by atoms with Gasteiger partial charge >= 0.3 is 5.97 Å². The average Bonchev–Trinajstić information content (AvgIpc) is 3.29. The molecule has 1 saturated heterocycles. The van der Waals surface area contributed by atoms with Gasteiger partial charge in [0.25, 0.3) is 10.0 Å². The summed E-state index contributed by atoms with van der Waals surface area (Å²) >= 11 is 0. The van der Waals surface area contributed by atoms with Crippen molar-refractivity contribution in [1.29, 1.82) is 0 Å². The number of hydrogen-bond acceptors (Lipinski definition) is 7. The molecule has 166 valence electrons. The number of carbonyl (C=O) groups is 1. The number of carboxylic acids is 1. The molecule has 0 amide bonds. The van der Waals surface area contributed by atoms with Crippen LogP contribution in [0.5, 0.6) is 11.5 Å². The van der Waals surface area contributed by atoms with E-state index < -0.39 is 26.0 Å². The molecule has 2 aliphatic rings. The number of benzene rings is 2. The zero-order valence-corrected chi connectivity index (χ0v) is 17.9. The van der Waals surface area contributed by atoms with Gasteiger partial charge in [-0.1, -0.05) is 0 Å². The van der Waals surface area contributed by atoms with E-state index in [1.54, 1.807) is 0 Å². The van der Waals surface area contributed by atoms with Crippen molar-refractivity contribution in [2.75, 3.05) is 31.0 Å². The van der Waals surface area contributed by atoms with E-state index in [9.17, 15) is 26.7 Å². The Balaban J connectivity index is 1.63. The minimum Gasteiger partial charge on any atom is -0.486 e. The SMILES string of the molecule is O=C(O)c1cc2c(cc1NS(=O)(=O)c1ccc(S(=O)(=O)N3CCCC3)cc1)OCCO2. The molecule has 0 bridgehead atoms. The fourth-order valence-corrected chi connectivity index (χ4v) is 6.01. The minimum absolute atomic E-state index is 0.00101. The molecule has 2 heterocycles. The number of ether oxygens (including phenoxy) is 2. The van der Waals surface area contributed by atoms with Gasteiger partial charge in [-0.2, -0.15) is 4.31 Å². The maximum atomic E-state index is 12.8. The van der Waals surface area contributed by atoms with Gasteiger partial charge in [0.15, 0.2) is 11.5 Å². The minimum atomic E-state index is -4.20. The monoisotopic (exact) mass is 468 g/mol. The number of hydrogen-bond donors (Lipinski definition) is 2. The molecule has 2 aromatic carbocycles. The first-order valence-corrected chi connectivity index (χ1v) is 12.4. The van der Waals surface area contributed by atoms with Gasteiger partial charge in [-0.05, 0) is 37.1 Å². The summed E-state index contributed by atoms with van der Waals surface area (Å²) in [6, 6.07) is 7.24. The van der Waals surface area contributed by atoms with Crippen molar-refractivity contribution in [2.24, 2.45) is 0 Å². The molecule has 4 rings (SSSR count). The molecular formula is C19H20N2O8S2. The Labute approximate surface area is 179 Å². The molecule has 0 spiro atoms. The Kier molecular flexibility index (Phi) is 5.54. The van der Waals surface area contributed by atoms with Crippen molar-refractivity contribution < 1.29 is 36.2 Å². The standard InChI is InChI=1S/C19H20N2O8S2/c22-19(23)15-11-17-18(29-10-9-28-17)12-16(15)20-30(24,25)13-3-5-14(6-4-13)31(26,27)21-7-1-2-8-21/h3-6,11-12,20H,1-2,7-10H2,(H,22,23). The molecular weight excluding hydrogens is 448 g/mol. The van der Waals surface area contributed by atoms with Crippen LogP contribution in [0.3, 0.4) is 0 Å². The number of aromatic carboxylic acids is 1. The largest absolute Gasteiger partial charge is 0.486 e. The Morgan fingerprint density at radius 3 is 2.03 bits per heavy atom. The van der Waals surface area contributed by atoms with Crippen LogP contribution in [0.4, 0.5) is 5.69 Å². The number of carboxylic acid groups (broad SMARTS) is 1. The van der Waals surface area contributed by atoms with E-state index in [2.05, 4.69) is 4.72 Å². The Hall–Kier alpha value is -2.83. The van der Waals surface area contributed by atoms with Gasteiger partial charge in [-0.15, -0.1) is 0 Å². The maximum absolute atomic E-state index is 12.8. The molecule has 0 aliphatic carbocycles. The second-order valence-electron chi connectivity index (χ2n) is 7.03. The first-order chi connectivity index (χ1) is 14.7. The zero-order valence-electron chi connectivity index (χ0n) is 16.3. The fraction of sp³-hybridized carbons (Fsp3) is 0.316. The predicted molar refractivity (Wildman–Crippen MR) is 110 cm³/mol. The summed E-state index contributed by atoms with van der Waals surface area (Å²) in [5, 5.41) is 9.46. The van der Waals surface area contributed by atoms with Crippen molar-refractivity contribution in [3.63, 3.8) is 0 Å². The van der Waals surface area contributed by atoms with E-state index in [0.29, 0.717) is 13.1 Å². The summed E-state index contributed by atoms with van der Waals surface area (Å²) in [4.78, 5) is 11.4. The Morgan fingerprint density at radius 1 is 0.903 bits per heavy atom. The lowest BCUT2D eigenvalue weighted by atomic mass is 10.1. The van der Waals surface area contributed by atoms with E-state index >= 15 is 0 Å². The third-order valence-corrected chi connectivity index (χ3v) is 8.29. The molecule has 2 aliphatic heterocycles. The number of sulfonamides is 2. The Morgan fingerprint density at radius 2 is 1.45 bits per heavy atom. The van der Waals surface area contributed by atoms with Crippen LogP contribution in [0.15, 0.2) is 46.2 Å². The summed E-state index contributed by atoms with van der Waals surface area (Å²) in [5.74, 6) is -0.911. The summed E-state index contributed by atoms with van der Waals surface area (Å²) in [7, 11) is -7.87. The van der Waals surface area contributed by atoms with E-state index in [0.717, 1.165) is 12.8 Å². The number of fused-ring (bicyclic) bond motifs is 1. The van der Waals surface area contributed by atoms with Gasteiger partial charge < -0.3 is 14.6 Å². The van der Waals surface area contributed by atoms with Gasteiger partial charge in [-0.3, -0.25) is 4.72 Å². The van der Waals surface area contributed by atoms with Crippen molar-refractivity contribution in [3.05, 3.63) is 42.0 Å². The third kappa shape index (κ3) is 4.18. The second kappa shape index (κ2) is 8.02. The third-order valence-electron chi connectivity index (χ3n) is 4.99. The summed E-state index contributed by atoms with van der Waals surface area (Å²) in [5.41, 5.74) is -0.494. The van der Waals surface area contributed by atoms with Gasteiger partial charge in [-0.25, -0.2) is 21.6 Å². The maximum Gasteiger partial charge on any atom is 0.337 e. The van der Waals surface area contributed by atoms with Crippen LogP contribution in [-0.2, 0) is 20.0 Å². The molecule has 0 atom stereocenters. The smallest absolute Gasteiger partial charge is 0.337 e. The van der Waals surface area contributed by atoms with E-state index in [1.807, 2.05) is 0 Å². The topological polar surface area (TPSA) is 139 Å². The summed E-state index contributed by atoms with van der Waals surface area (Å²) in [6.07, 6.45) is 1.58. The van der Waals surface area contributed by atoms with E-state index in [-0.39, 0.29) is 45.8 Å². The van der Waals surface area contributed by atoms with Crippen LogP contribution in [0.25, 0.3) is 0 Å². The number of nitrogens with one attached hydrogen (secondary N) is 1. The average molecular weight is 469 g/mol. The lowest BCUT2D eigenvalue weighted by molar-refractivity contribution is 0.0697. The van der Waals surface area contributed by atoms with Crippen LogP contribution in [0.1, 0.15) is 23.2 Å². The molecule has 0 radical (unpaired) electrons. The highest BCUT2D eigenvalue weighted by atomic mass is 32.2. The van der Waals surface area contributed by atoms with Crippen LogP contribution in [0, 0.1) is 0 Å². The number of anilines is 1. The quantitative estimate of drug-likeness (QED) is 0.654. The van der Waals surface area contributed by atoms with Gasteiger partial charge in [0.2, 0.25) is 10.0 Å². The predicted octanol–water partition coefficient (Wildman–Crippen LogP) is 1.74. The molecule has 0 aromatic heterocycles. The molecule has 0 saturated carbocycles. The molecule has 10 nitrogen and oxygen atoms in total. The fourth-order valence-electron chi connectivity index (χ4n) is 3.42. The highest BCUT2D eigenvalue weighted by Gasteiger charge is 2.28. The summed E-state index contributed by atoms with van der Waals surface area (Å²) < 4.78 is 65.2. The number of rotatable bonds is 6. The van der Waals surface area contributed by atoms with Gasteiger partial charge in [0.1, 0.15) is 13.2 Å². The van der Waals surface area contributed by atoms with E-state index in [4.69, 9.17) is 9.47 Å². The van der Waals surface area contributed by atoms with Crippen molar-refractivity contribution in [2.45, 2.75) is 22.6 Å². The van der Waals surface area contributed by atoms with Crippen molar-refractivity contribution >= 4 is 31.7 Å². The zero-order chi connectivity index (χ0) is 22.2. The van der Waals surface area contributed by atoms with Crippen molar-refractivity contribution in [3.8, 4) is 11.5 Å². The lowest BCUT2D eigenvalue weighted by Gasteiger charge is -2.20. The molecule has 31 heavy (non-hydrogen) atoms. The van der Waals surface area contributed by atoms with Crippen LogP contribution >= 0.6 is 0 Å². The summed E-state index contributed by atoms with van der Waals surface area (Å²) in [6.45, 7) is 1.38. The van der Waals surface area contributed by atoms with Crippen LogP contribution in [0.2, 0.25) is 0 Å². The van der Waals surface area contributed by atoms with Crippen LogP contribution < -0.4 is 14.2 Å². The number of nitrogens with zero attached hydrogens (tertiary/aromatic N) is 1. The molecule has 2 aromatic rings. The second-order valence-corrected chi connectivity index (χ2v) is 10.7. The van der Waals surface area contributed by atoms with Crippen LogP contribution in [-0.4, -0.2) is 58.5 Å². The highest BCUT2D eigenvalue weighted by molar-refractivity contribution is 7.92. The van der Waals surface area contributed by atoms with Crippen molar-refractivity contribution in [1.82, 2.24) is 4.31 Å². The first-order valence-electron chi connectivity index (χ1n) is 9.48. The molecule has 1 fully saturated rings. The van der Waals surface area contributed by atoms with Gasteiger partial charge in [0, 0.05) is 25.2 Å². The molecule has 0 unspecified atom stereocenters. The molecule has 2 N–H and O–H groups in total. The normalized spacial score (nSPS) is 16.8. The van der Waals surface area contributed by atoms with Gasteiger partial charge in [0.05, 0.1) is 21.0 Å². The first kappa shape index (κ1) is 21.4. The molecule has 12 heteroatoms. The Bertz CT molecular complexity index is 1220. The lowest BCUT2D eigenvalue weighted by Crippen LogP contribution is -2.27.